The van der Waals surface area contributed by atoms with E-state index in [1.165, 1.54) is 12.8 Å². The van der Waals surface area contributed by atoms with Crippen molar-refractivity contribution in [2.45, 2.75) is 31.1 Å². The van der Waals surface area contributed by atoms with Crippen molar-refractivity contribution in [2.75, 3.05) is 6.54 Å². The van der Waals surface area contributed by atoms with Crippen LogP contribution in [0.3, 0.4) is 0 Å². The zero-order valence-electron chi connectivity index (χ0n) is 9.76. The Balaban J connectivity index is 2.17. The molecule has 0 atom stereocenters. The van der Waals surface area contributed by atoms with Crippen LogP contribution in [-0.2, 0) is 5.41 Å². The van der Waals surface area contributed by atoms with Crippen molar-refractivity contribution in [1.82, 2.24) is 9.38 Å². The van der Waals surface area contributed by atoms with Crippen molar-refractivity contribution in [3.8, 4) is 5.75 Å². The molecule has 4 heteroatoms. The fraction of sp³-hybridized carbons (Fsp3) is 0.462. The molecule has 2 heterocycles. The fourth-order valence-electron chi connectivity index (χ4n) is 2.95. The molecule has 0 saturated heterocycles. The Morgan fingerprint density at radius 1 is 1.41 bits per heavy atom. The fourth-order valence-corrected chi connectivity index (χ4v) is 2.95. The number of hydrogen-bond acceptors (Lipinski definition) is 3. The molecule has 0 amide bonds. The van der Waals surface area contributed by atoms with Crippen LogP contribution in [-0.4, -0.2) is 21.0 Å². The monoisotopic (exact) mass is 231 g/mol. The summed E-state index contributed by atoms with van der Waals surface area (Å²) in [5.74, 6) is 1.32. The molecule has 0 unspecified atom stereocenters. The SMILES string of the molecule is NCC1(c2ncc3cc(O)ccn23)CCCC1. The summed E-state index contributed by atoms with van der Waals surface area (Å²) in [6.07, 6.45) is 8.37. The van der Waals surface area contributed by atoms with Crippen molar-refractivity contribution in [3.63, 3.8) is 0 Å². The first kappa shape index (κ1) is 10.6. The maximum Gasteiger partial charge on any atom is 0.120 e. The summed E-state index contributed by atoms with van der Waals surface area (Å²) < 4.78 is 2.05. The van der Waals surface area contributed by atoms with Crippen molar-refractivity contribution >= 4 is 5.52 Å². The Morgan fingerprint density at radius 2 is 2.18 bits per heavy atom. The van der Waals surface area contributed by atoms with Gasteiger partial charge in [0.05, 0.1) is 11.7 Å². The summed E-state index contributed by atoms with van der Waals surface area (Å²) in [5.41, 5.74) is 6.94. The summed E-state index contributed by atoms with van der Waals surface area (Å²) in [7, 11) is 0. The van der Waals surface area contributed by atoms with Crippen LogP contribution < -0.4 is 5.73 Å². The number of fused-ring (bicyclic) bond motifs is 1. The third-order valence-corrected chi connectivity index (χ3v) is 3.94. The molecule has 0 spiro atoms. The first-order valence-corrected chi connectivity index (χ1v) is 6.12. The van der Waals surface area contributed by atoms with Gasteiger partial charge in [0.1, 0.15) is 11.6 Å². The maximum absolute atomic E-state index is 9.46. The van der Waals surface area contributed by atoms with Gasteiger partial charge in [0.15, 0.2) is 0 Å². The highest BCUT2D eigenvalue weighted by molar-refractivity contribution is 5.51. The lowest BCUT2D eigenvalue weighted by Gasteiger charge is -2.25. The average molecular weight is 231 g/mol. The molecule has 90 valence electrons. The van der Waals surface area contributed by atoms with Crippen LogP contribution in [0.4, 0.5) is 0 Å². The van der Waals surface area contributed by atoms with E-state index >= 15 is 0 Å². The molecule has 2 aromatic heterocycles. The summed E-state index contributed by atoms with van der Waals surface area (Å²) in [6.45, 7) is 0.646. The highest BCUT2D eigenvalue weighted by atomic mass is 16.3. The van der Waals surface area contributed by atoms with Gasteiger partial charge >= 0.3 is 0 Å². The molecule has 1 aliphatic carbocycles. The Bertz CT molecular complexity index is 541. The van der Waals surface area contributed by atoms with E-state index < -0.39 is 0 Å². The van der Waals surface area contributed by atoms with Crippen molar-refractivity contribution in [3.05, 3.63) is 30.4 Å². The molecular formula is C13H17N3O. The number of hydrogen-bond donors (Lipinski definition) is 2. The summed E-state index contributed by atoms with van der Waals surface area (Å²) in [6, 6.07) is 3.42. The van der Waals surface area contributed by atoms with Gasteiger partial charge in [0, 0.05) is 24.2 Å². The van der Waals surface area contributed by atoms with Gasteiger partial charge in [-0.2, -0.15) is 0 Å². The first-order valence-electron chi connectivity index (χ1n) is 6.12. The van der Waals surface area contributed by atoms with Crippen LogP contribution in [0.2, 0.25) is 0 Å². The molecule has 4 nitrogen and oxygen atoms in total. The summed E-state index contributed by atoms with van der Waals surface area (Å²) in [5, 5.41) is 9.46. The van der Waals surface area contributed by atoms with E-state index in [2.05, 4.69) is 9.38 Å². The van der Waals surface area contributed by atoms with E-state index in [-0.39, 0.29) is 11.2 Å². The topological polar surface area (TPSA) is 63.5 Å². The van der Waals surface area contributed by atoms with Gasteiger partial charge in [-0.05, 0) is 18.9 Å². The van der Waals surface area contributed by atoms with Gasteiger partial charge in [-0.25, -0.2) is 4.98 Å². The Labute approximate surface area is 100 Å². The second-order valence-corrected chi connectivity index (χ2v) is 4.95. The van der Waals surface area contributed by atoms with Crippen molar-refractivity contribution in [1.29, 1.82) is 0 Å². The highest BCUT2D eigenvalue weighted by Gasteiger charge is 2.37. The highest BCUT2D eigenvalue weighted by Crippen LogP contribution is 2.39. The Hall–Kier alpha value is -1.55. The van der Waals surface area contributed by atoms with E-state index in [0.29, 0.717) is 6.54 Å². The van der Waals surface area contributed by atoms with E-state index in [1.54, 1.807) is 12.1 Å². The number of pyridine rings is 1. The van der Waals surface area contributed by atoms with Crippen LogP contribution in [0, 0.1) is 0 Å². The van der Waals surface area contributed by atoms with E-state index in [4.69, 9.17) is 5.73 Å². The Morgan fingerprint density at radius 3 is 2.88 bits per heavy atom. The van der Waals surface area contributed by atoms with E-state index in [0.717, 1.165) is 24.2 Å². The quantitative estimate of drug-likeness (QED) is 0.828. The molecule has 0 aromatic carbocycles. The second-order valence-electron chi connectivity index (χ2n) is 4.95. The lowest BCUT2D eigenvalue weighted by Crippen LogP contribution is -2.34. The number of imidazole rings is 1. The minimum absolute atomic E-state index is 0.0311. The maximum atomic E-state index is 9.46. The van der Waals surface area contributed by atoms with E-state index in [9.17, 15) is 5.11 Å². The normalized spacial score (nSPS) is 18.9. The minimum atomic E-state index is 0.0311. The van der Waals surface area contributed by atoms with Crippen LogP contribution in [0.25, 0.3) is 5.52 Å². The predicted octanol–water partition coefficient (Wildman–Crippen LogP) is 1.81. The molecule has 17 heavy (non-hydrogen) atoms. The molecule has 1 saturated carbocycles. The van der Waals surface area contributed by atoms with Gasteiger partial charge in [-0.3, -0.25) is 0 Å². The van der Waals surface area contributed by atoms with Gasteiger partial charge in [0.25, 0.3) is 0 Å². The molecule has 1 fully saturated rings. The van der Waals surface area contributed by atoms with Crippen molar-refractivity contribution < 1.29 is 5.11 Å². The van der Waals surface area contributed by atoms with Gasteiger partial charge < -0.3 is 15.2 Å². The summed E-state index contributed by atoms with van der Waals surface area (Å²) >= 11 is 0. The first-order chi connectivity index (χ1) is 8.25. The van der Waals surface area contributed by atoms with Crippen LogP contribution in [0.15, 0.2) is 24.5 Å². The largest absolute Gasteiger partial charge is 0.508 e. The zero-order valence-corrected chi connectivity index (χ0v) is 9.76. The van der Waals surface area contributed by atoms with Crippen molar-refractivity contribution in [2.24, 2.45) is 5.73 Å². The third kappa shape index (κ3) is 1.52. The lowest BCUT2D eigenvalue weighted by molar-refractivity contribution is 0.422. The molecular weight excluding hydrogens is 214 g/mol. The number of aromatic nitrogens is 2. The van der Waals surface area contributed by atoms with Gasteiger partial charge in [0.2, 0.25) is 0 Å². The predicted molar refractivity (Wildman–Crippen MR) is 66.1 cm³/mol. The molecule has 0 aliphatic heterocycles. The van der Waals surface area contributed by atoms with Crippen LogP contribution in [0.1, 0.15) is 31.5 Å². The molecule has 0 bridgehead atoms. The van der Waals surface area contributed by atoms with E-state index in [1.807, 2.05) is 12.4 Å². The van der Waals surface area contributed by atoms with Crippen LogP contribution >= 0.6 is 0 Å². The molecule has 0 radical (unpaired) electrons. The smallest absolute Gasteiger partial charge is 0.120 e. The van der Waals surface area contributed by atoms with Crippen LogP contribution in [0.5, 0.6) is 5.75 Å². The van der Waals surface area contributed by atoms with Gasteiger partial charge in [-0.15, -0.1) is 0 Å². The second kappa shape index (κ2) is 3.74. The number of rotatable bonds is 2. The standard InChI is InChI=1S/C13H17N3O/c14-9-13(4-1-2-5-13)12-15-8-10-7-11(17)3-6-16(10)12/h3,6-8,17H,1-2,4-5,9,14H2. The third-order valence-electron chi connectivity index (χ3n) is 3.94. The molecule has 3 N–H and O–H groups in total. The number of nitrogens with zero attached hydrogens (tertiary/aromatic N) is 2. The van der Waals surface area contributed by atoms with Gasteiger partial charge in [-0.1, -0.05) is 12.8 Å². The number of aromatic hydroxyl groups is 1. The summed E-state index contributed by atoms with van der Waals surface area (Å²) in [4.78, 5) is 4.53. The minimum Gasteiger partial charge on any atom is -0.508 e. The lowest BCUT2D eigenvalue weighted by atomic mass is 9.85. The molecule has 1 aliphatic rings. The average Bonchev–Trinajstić information content (AvgIpc) is 2.94. The zero-order chi connectivity index (χ0) is 11.9. The Kier molecular flexibility index (Phi) is 2.33. The number of nitrogens with two attached hydrogens (primary N) is 1. The molecule has 2 aromatic rings. The molecule has 3 rings (SSSR count).